The van der Waals surface area contributed by atoms with E-state index in [-0.39, 0.29) is 0 Å². The van der Waals surface area contributed by atoms with Crippen LogP contribution in [0.1, 0.15) is 45.1 Å². The topological polar surface area (TPSA) is 17.0 Å². The van der Waals surface area contributed by atoms with Gasteiger partial charge < -0.3 is 9.88 Å². The molecule has 2 heteroatoms. The number of benzene rings is 1. The second-order valence-electron chi connectivity index (χ2n) is 7.12. The summed E-state index contributed by atoms with van der Waals surface area (Å²) < 4.78 is 2.23. The lowest BCUT2D eigenvalue weighted by molar-refractivity contribution is 0.198. The predicted octanol–water partition coefficient (Wildman–Crippen LogP) is 4.24. The molecule has 1 unspecified atom stereocenters. The largest absolute Gasteiger partial charge is 0.350 e. The van der Waals surface area contributed by atoms with Gasteiger partial charge in [-0.3, -0.25) is 0 Å². The smallest absolute Gasteiger partial charge is 0.0481 e. The van der Waals surface area contributed by atoms with Gasteiger partial charge in [0, 0.05) is 36.7 Å². The molecular weight excluding hydrogens is 244 g/mol. The molecule has 0 aliphatic heterocycles. The molecule has 1 aliphatic carbocycles. The number of nitrogens with zero attached hydrogens (tertiary/aromatic N) is 1. The average Bonchev–Trinajstić information content (AvgIpc) is 2.73. The number of nitrogens with one attached hydrogen (secondary N) is 1. The summed E-state index contributed by atoms with van der Waals surface area (Å²) in [5, 5.41) is 5.17. The van der Waals surface area contributed by atoms with E-state index in [1.807, 2.05) is 0 Å². The van der Waals surface area contributed by atoms with Crippen molar-refractivity contribution in [3.05, 3.63) is 36.0 Å². The van der Waals surface area contributed by atoms with Crippen molar-refractivity contribution in [3.63, 3.8) is 0 Å². The van der Waals surface area contributed by atoms with Gasteiger partial charge in [0.05, 0.1) is 0 Å². The molecule has 1 fully saturated rings. The van der Waals surface area contributed by atoms with Crippen LogP contribution in [0.15, 0.2) is 30.5 Å². The van der Waals surface area contributed by atoms with Gasteiger partial charge in [-0.05, 0) is 36.3 Å². The van der Waals surface area contributed by atoms with Crippen LogP contribution < -0.4 is 5.32 Å². The number of hydrogen-bond donors (Lipinski definition) is 1. The molecule has 0 saturated heterocycles. The maximum Gasteiger partial charge on any atom is 0.0481 e. The number of fused-ring (bicyclic) bond motifs is 1. The minimum Gasteiger partial charge on any atom is -0.350 e. The SMILES string of the molecule is Cn1cc(CNC2CCCC(C)(C)C2)c2ccccc21. The Labute approximate surface area is 122 Å². The number of rotatable bonds is 3. The third kappa shape index (κ3) is 2.76. The van der Waals surface area contributed by atoms with Crippen molar-refractivity contribution in [2.75, 3.05) is 0 Å². The zero-order chi connectivity index (χ0) is 14.2. The summed E-state index contributed by atoms with van der Waals surface area (Å²) in [5.74, 6) is 0. The third-order valence-corrected chi connectivity index (χ3v) is 4.77. The van der Waals surface area contributed by atoms with E-state index in [0.29, 0.717) is 11.5 Å². The third-order valence-electron chi connectivity index (χ3n) is 4.77. The van der Waals surface area contributed by atoms with E-state index in [4.69, 9.17) is 0 Å². The summed E-state index contributed by atoms with van der Waals surface area (Å²) in [4.78, 5) is 0. The van der Waals surface area contributed by atoms with Gasteiger partial charge in [0.1, 0.15) is 0 Å². The molecule has 1 aromatic heterocycles. The van der Waals surface area contributed by atoms with Gasteiger partial charge in [-0.25, -0.2) is 0 Å². The summed E-state index contributed by atoms with van der Waals surface area (Å²) in [6.07, 6.45) is 7.64. The Morgan fingerprint density at radius 1 is 1.30 bits per heavy atom. The van der Waals surface area contributed by atoms with E-state index in [2.05, 4.69) is 61.2 Å². The van der Waals surface area contributed by atoms with Crippen molar-refractivity contribution >= 4 is 10.9 Å². The van der Waals surface area contributed by atoms with Crippen LogP contribution in [0.5, 0.6) is 0 Å². The molecule has 0 radical (unpaired) electrons. The standard InChI is InChI=1S/C18H26N2/c1-18(2)10-6-7-15(11-18)19-12-14-13-20(3)17-9-5-4-8-16(14)17/h4-5,8-9,13,15,19H,6-7,10-12H2,1-3H3. The molecule has 2 aromatic rings. The summed E-state index contributed by atoms with van der Waals surface area (Å²) >= 11 is 0. The number of para-hydroxylation sites is 1. The average molecular weight is 270 g/mol. The Morgan fingerprint density at radius 3 is 2.90 bits per heavy atom. The Balaban J connectivity index is 1.71. The molecule has 1 saturated carbocycles. The van der Waals surface area contributed by atoms with Crippen LogP contribution in [0.4, 0.5) is 0 Å². The number of aromatic nitrogens is 1. The fourth-order valence-corrected chi connectivity index (χ4v) is 3.69. The second-order valence-corrected chi connectivity index (χ2v) is 7.12. The van der Waals surface area contributed by atoms with Crippen LogP contribution in [0.25, 0.3) is 10.9 Å². The molecule has 0 bridgehead atoms. The molecule has 3 rings (SSSR count). The normalized spacial score (nSPS) is 22.2. The quantitative estimate of drug-likeness (QED) is 0.883. The highest BCUT2D eigenvalue weighted by atomic mass is 14.9. The van der Waals surface area contributed by atoms with Crippen LogP contribution in [0, 0.1) is 5.41 Å². The van der Waals surface area contributed by atoms with Gasteiger partial charge in [-0.2, -0.15) is 0 Å². The van der Waals surface area contributed by atoms with Crippen molar-refractivity contribution in [2.45, 2.75) is 52.1 Å². The molecular formula is C18H26N2. The van der Waals surface area contributed by atoms with E-state index in [1.54, 1.807) is 0 Å². The van der Waals surface area contributed by atoms with Gasteiger partial charge in [0.2, 0.25) is 0 Å². The molecule has 0 spiro atoms. The summed E-state index contributed by atoms with van der Waals surface area (Å²) in [6.45, 7) is 5.79. The summed E-state index contributed by atoms with van der Waals surface area (Å²) in [5.41, 5.74) is 3.26. The highest BCUT2D eigenvalue weighted by Crippen LogP contribution is 2.35. The molecule has 1 heterocycles. The first kappa shape index (κ1) is 13.7. The van der Waals surface area contributed by atoms with Crippen molar-refractivity contribution < 1.29 is 0 Å². The highest BCUT2D eigenvalue weighted by molar-refractivity contribution is 5.83. The summed E-state index contributed by atoms with van der Waals surface area (Å²) in [6, 6.07) is 9.36. The molecule has 0 amide bonds. The molecule has 1 aliphatic rings. The zero-order valence-electron chi connectivity index (χ0n) is 12.9. The maximum atomic E-state index is 3.79. The Bertz CT molecular complexity index is 594. The molecule has 2 nitrogen and oxygen atoms in total. The van der Waals surface area contributed by atoms with Gasteiger partial charge in [0.15, 0.2) is 0 Å². The predicted molar refractivity (Wildman–Crippen MR) is 85.8 cm³/mol. The zero-order valence-corrected chi connectivity index (χ0v) is 12.9. The first-order chi connectivity index (χ1) is 9.55. The molecule has 1 aromatic carbocycles. The number of hydrogen-bond acceptors (Lipinski definition) is 1. The highest BCUT2D eigenvalue weighted by Gasteiger charge is 2.27. The van der Waals surface area contributed by atoms with E-state index in [0.717, 1.165) is 6.54 Å². The van der Waals surface area contributed by atoms with Gasteiger partial charge in [0.25, 0.3) is 0 Å². The van der Waals surface area contributed by atoms with Crippen molar-refractivity contribution in [1.29, 1.82) is 0 Å². The van der Waals surface area contributed by atoms with Crippen molar-refractivity contribution in [2.24, 2.45) is 12.5 Å². The first-order valence-electron chi connectivity index (χ1n) is 7.81. The van der Waals surface area contributed by atoms with Crippen LogP contribution in [0.3, 0.4) is 0 Å². The fourth-order valence-electron chi connectivity index (χ4n) is 3.69. The minimum atomic E-state index is 0.509. The van der Waals surface area contributed by atoms with E-state index in [9.17, 15) is 0 Å². The lowest BCUT2D eigenvalue weighted by Gasteiger charge is -2.35. The number of aryl methyl sites for hydroxylation is 1. The lowest BCUT2D eigenvalue weighted by Crippen LogP contribution is -2.36. The fraction of sp³-hybridized carbons (Fsp3) is 0.556. The van der Waals surface area contributed by atoms with E-state index >= 15 is 0 Å². The Hall–Kier alpha value is -1.28. The Kier molecular flexibility index (Phi) is 3.59. The van der Waals surface area contributed by atoms with E-state index in [1.165, 1.54) is 42.1 Å². The van der Waals surface area contributed by atoms with Crippen LogP contribution >= 0.6 is 0 Å². The van der Waals surface area contributed by atoms with Gasteiger partial charge >= 0.3 is 0 Å². The van der Waals surface area contributed by atoms with Gasteiger partial charge in [-0.1, -0.05) is 38.5 Å². The van der Waals surface area contributed by atoms with Crippen molar-refractivity contribution in [1.82, 2.24) is 9.88 Å². The summed E-state index contributed by atoms with van der Waals surface area (Å²) in [7, 11) is 2.13. The van der Waals surface area contributed by atoms with Gasteiger partial charge in [-0.15, -0.1) is 0 Å². The molecule has 1 atom stereocenters. The molecule has 1 N–H and O–H groups in total. The van der Waals surface area contributed by atoms with E-state index < -0.39 is 0 Å². The molecule has 20 heavy (non-hydrogen) atoms. The van der Waals surface area contributed by atoms with Crippen molar-refractivity contribution in [3.8, 4) is 0 Å². The molecule has 108 valence electrons. The lowest BCUT2D eigenvalue weighted by atomic mass is 9.75. The van der Waals surface area contributed by atoms with Crippen LogP contribution in [-0.2, 0) is 13.6 Å². The van der Waals surface area contributed by atoms with Crippen LogP contribution in [-0.4, -0.2) is 10.6 Å². The maximum absolute atomic E-state index is 3.79. The monoisotopic (exact) mass is 270 g/mol. The Morgan fingerprint density at radius 2 is 2.10 bits per heavy atom. The minimum absolute atomic E-state index is 0.509. The second kappa shape index (κ2) is 5.25. The first-order valence-corrected chi connectivity index (χ1v) is 7.81. The van der Waals surface area contributed by atoms with Crippen LogP contribution in [0.2, 0.25) is 0 Å².